The van der Waals surface area contributed by atoms with Gasteiger partial charge < -0.3 is 9.72 Å². The Labute approximate surface area is 139 Å². The van der Waals surface area contributed by atoms with Gasteiger partial charge >= 0.3 is 6.18 Å². The zero-order valence-corrected chi connectivity index (χ0v) is 13.1. The van der Waals surface area contributed by atoms with Gasteiger partial charge in [-0.25, -0.2) is 4.98 Å². The Bertz CT molecular complexity index is 890. The summed E-state index contributed by atoms with van der Waals surface area (Å²) in [7, 11) is 0. The van der Waals surface area contributed by atoms with E-state index in [1.165, 1.54) is 12.1 Å². The summed E-state index contributed by atoms with van der Waals surface area (Å²) in [4.78, 5) is 5.70. The van der Waals surface area contributed by atoms with E-state index in [0.717, 1.165) is 5.56 Å². The second-order valence-electron chi connectivity index (χ2n) is 4.92. The molecule has 1 aromatic heterocycles. The van der Waals surface area contributed by atoms with Crippen molar-refractivity contribution >= 4 is 34.2 Å². The van der Waals surface area contributed by atoms with Crippen LogP contribution in [-0.2, 0) is 6.18 Å². The van der Waals surface area contributed by atoms with Crippen molar-refractivity contribution in [2.24, 2.45) is 0 Å². The summed E-state index contributed by atoms with van der Waals surface area (Å²) in [5, 5.41) is 0.519. The van der Waals surface area contributed by atoms with Gasteiger partial charge in [-0.1, -0.05) is 29.3 Å². The van der Waals surface area contributed by atoms with Gasteiger partial charge in [0.2, 0.25) is 5.82 Å². The predicted molar refractivity (Wildman–Crippen MR) is 82.4 cm³/mol. The molecule has 3 rings (SSSR count). The SMILES string of the molecule is Cc1ccc(Oc2cc3nc(C(F)(F)F)[nH]c3cc2Cl)c(Cl)c1. The molecule has 0 aliphatic carbocycles. The lowest BCUT2D eigenvalue weighted by molar-refractivity contribution is -0.144. The molecule has 0 radical (unpaired) electrons. The number of aryl methyl sites for hydroxylation is 1. The molecule has 23 heavy (non-hydrogen) atoms. The molecule has 0 aliphatic rings. The van der Waals surface area contributed by atoms with Crippen LogP contribution >= 0.6 is 23.2 Å². The van der Waals surface area contributed by atoms with E-state index in [9.17, 15) is 13.2 Å². The number of H-pyrrole nitrogens is 1. The summed E-state index contributed by atoms with van der Waals surface area (Å²) >= 11 is 12.1. The standard InChI is InChI=1S/C15H9Cl2F3N2O/c1-7-2-3-12(8(16)4-7)23-13-6-11-10(5-9(13)17)21-14(22-11)15(18,19)20/h2-6H,1H3,(H,21,22). The number of benzene rings is 2. The molecule has 0 aliphatic heterocycles. The Morgan fingerprint density at radius 2 is 1.74 bits per heavy atom. The summed E-state index contributed by atoms with van der Waals surface area (Å²) in [6.07, 6.45) is -4.56. The molecule has 3 nitrogen and oxygen atoms in total. The van der Waals surface area contributed by atoms with E-state index >= 15 is 0 Å². The number of hydrogen-bond acceptors (Lipinski definition) is 2. The molecular weight excluding hydrogens is 352 g/mol. The molecule has 0 atom stereocenters. The molecule has 0 saturated heterocycles. The zero-order valence-electron chi connectivity index (χ0n) is 11.6. The Morgan fingerprint density at radius 1 is 1.04 bits per heavy atom. The second-order valence-corrected chi connectivity index (χ2v) is 5.73. The highest BCUT2D eigenvalue weighted by Gasteiger charge is 2.34. The van der Waals surface area contributed by atoms with Crippen molar-refractivity contribution in [3.63, 3.8) is 0 Å². The van der Waals surface area contributed by atoms with Crippen molar-refractivity contribution in [3.05, 3.63) is 51.8 Å². The number of nitrogens with zero attached hydrogens (tertiary/aromatic N) is 1. The van der Waals surface area contributed by atoms with Crippen molar-refractivity contribution in [3.8, 4) is 11.5 Å². The number of fused-ring (bicyclic) bond motifs is 1. The minimum absolute atomic E-state index is 0.0972. The lowest BCUT2D eigenvalue weighted by atomic mass is 10.2. The number of nitrogens with one attached hydrogen (secondary N) is 1. The van der Waals surface area contributed by atoms with E-state index in [1.807, 2.05) is 6.92 Å². The van der Waals surface area contributed by atoms with Crippen molar-refractivity contribution in [1.29, 1.82) is 0 Å². The summed E-state index contributed by atoms with van der Waals surface area (Å²) in [6.45, 7) is 1.87. The topological polar surface area (TPSA) is 37.9 Å². The van der Waals surface area contributed by atoms with Gasteiger partial charge in [-0.05, 0) is 30.7 Å². The Kier molecular flexibility index (Phi) is 3.90. The van der Waals surface area contributed by atoms with E-state index in [4.69, 9.17) is 27.9 Å². The summed E-state index contributed by atoms with van der Waals surface area (Å²) in [5.41, 5.74) is 1.22. The molecule has 2 aromatic carbocycles. The molecule has 1 N–H and O–H groups in total. The predicted octanol–water partition coefficient (Wildman–Crippen LogP) is 5.99. The van der Waals surface area contributed by atoms with Gasteiger partial charge in [-0.3, -0.25) is 0 Å². The molecule has 0 fully saturated rings. The summed E-state index contributed by atoms with van der Waals surface area (Å²) < 4.78 is 43.7. The van der Waals surface area contributed by atoms with Crippen LogP contribution in [0.1, 0.15) is 11.4 Å². The first kappa shape index (κ1) is 16.0. The van der Waals surface area contributed by atoms with Gasteiger partial charge in [-0.2, -0.15) is 13.2 Å². The van der Waals surface area contributed by atoms with E-state index in [1.54, 1.807) is 18.2 Å². The quantitative estimate of drug-likeness (QED) is 0.609. The third-order valence-corrected chi connectivity index (χ3v) is 3.70. The highest BCUT2D eigenvalue weighted by Crippen LogP contribution is 2.37. The number of hydrogen-bond donors (Lipinski definition) is 1. The molecule has 8 heteroatoms. The minimum atomic E-state index is -4.56. The average Bonchev–Trinajstić information content (AvgIpc) is 2.85. The fourth-order valence-corrected chi connectivity index (χ4v) is 2.51. The van der Waals surface area contributed by atoms with E-state index in [2.05, 4.69) is 9.97 Å². The van der Waals surface area contributed by atoms with Crippen LogP contribution in [0.3, 0.4) is 0 Å². The Morgan fingerprint density at radius 3 is 2.39 bits per heavy atom. The molecule has 120 valence electrons. The van der Waals surface area contributed by atoms with E-state index in [-0.39, 0.29) is 21.8 Å². The van der Waals surface area contributed by atoms with Crippen LogP contribution in [0, 0.1) is 6.92 Å². The third-order valence-electron chi connectivity index (χ3n) is 3.11. The lowest BCUT2D eigenvalue weighted by Gasteiger charge is -2.09. The van der Waals surface area contributed by atoms with Crippen LogP contribution in [-0.4, -0.2) is 9.97 Å². The number of halogens is 5. The van der Waals surface area contributed by atoms with Gasteiger partial charge in [-0.15, -0.1) is 0 Å². The first-order valence-electron chi connectivity index (χ1n) is 6.44. The van der Waals surface area contributed by atoms with E-state index in [0.29, 0.717) is 10.8 Å². The number of ether oxygens (including phenoxy) is 1. The number of rotatable bonds is 2. The smallest absolute Gasteiger partial charge is 0.449 e. The fourth-order valence-electron chi connectivity index (χ4n) is 2.03. The van der Waals surface area contributed by atoms with Gasteiger partial charge in [0.05, 0.1) is 21.1 Å². The van der Waals surface area contributed by atoms with Crippen LogP contribution in [0.25, 0.3) is 11.0 Å². The molecule has 1 heterocycles. The van der Waals surface area contributed by atoms with Gasteiger partial charge in [0.1, 0.15) is 11.5 Å². The summed E-state index contributed by atoms with van der Waals surface area (Å²) in [6, 6.07) is 7.82. The normalized spacial score (nSPS) is 11.9. The fraction of sp³-hybridized carbons (Fsp3) is 0.133. The molecule has 3 aromatic rings. The van der Waals surface area contributed by atoms with Crippen LogP contribution in [0.15, 0.2) is 30.3 Å². The number of aromatic nitrogens is 2. The van der Waals surface area contributed by atoms with Crippen LogP contribution in [0.5, 0.6) is 11.5 Å². The first-order valence-corrected chi connectivity index (χ1v) is 7.20. The number of imidazole rings is 1. The van der Waals surface area contributed by atoms with Gasteiger partial charge in [0.15, 0.2) is 0 Å². The molecule has 0 bridgehead atoms. The molecule has 0 saturated carbocycles. The number of alkyl halides is 3. The number of aromatic amines is 1. The largest absolute Gasteiger partial charge is 0.454 e. The van der Waals surface area contributed by atoms with Crippen LogP contribution in [0.2, 0.25) is 10.0 Å². The maximum absolute atomic E-state index is 12.7. The monoisotopic (exact) mass is 360 g/mol. The van der Waals surface area contributed by atoms with E-state index < -0.39 is 12.0 Å². The van der Waals surface area contributed by atoms with Crippen LogP contribution < -0.4 is 4.74 Å². The molecule has 0 amide bonds. The van der Waals surface area contributed by atoms with Crippen molar-refractivity contribution in [2.45, 2.75) is 13.1 Å². The molecule has 0 spiro atoms. The Hall–Kier alpha value is -1.92. The van der Waals surface area contributed by atoms with Crippen molar-refractivity contribution < 1.29 is 17.9 Å². The van der Waals surface area contributed by atoms with Crippen molar-refractivity contribution in [2.75, 3.05) is 0 Å². The lowest BCUT2D eigenvalue weighted by Crippen LogP contribution is -2.06. The molecule has 0 unspecified atom stereocenters. The minimum Gasteiger partial charge on any atom is -0.454 e. The third kappa shape index (κ3) is 3.23. The zero-order chi connectivity index (χ0) is 16.8. The highest BCUT2D eigenvalue weighted by atomic mass is 35.5. The van der Waals surface area contributed by atoms with Gasteiger partial charge in [0.25, 0.3) is 0 Å². The van der Waals surface area contributed by atoms with Crippen molar-refractivity contribution in [1.82, 2.24) is 9.97 Å². The van der Waals surface area contributed by atoms with Crippen LogP contribution in [0.4, 0.5) is 13.2 Å². The van der Waals surface area contributed by atoms with Gasteiger partial charge in [0, 0.05) is 6.07 Å². The first-order chi connectivity index (χ1) is 10.7. The highest BCUT2D eigenvalue weighted by molar-refractivity contribution is 6.33. The maximum Gasteiger partial charge on any atom is 0.449 e. The molecular formula is C15H9Cl2F3N2O. The average molecular weight is 361 g/mol. The second kappa shape index (κ2) is 5.62. The maximum atomic E-state index is 12.7. The Balaban J connectivity index is 2.02. The summed E-state index contributed by atoms with van der Waals surface area (Å²) in [5.74, 6) is -0.565.